The molecule has 6 nitrogen and oxygen atoms in total. The topological polar surface area (TPSA) is 94.0 Å². The second-order valence-corrected chi connectivity index (χ2v) is 3.71. The smallest absolute Gasteiger partial charge is 0.321 e. The molecule has 1 atom stereocenters. The average molecular weight is 196 g/mol. The molecule has 1 saturated carbocycles. The number of aryl methyl sites for hydroxylation is 1. The summed E-state index contributed by atoms with van der Waals surface area (Å²) in [4.78, 5) is 10.8. The summed E-state index contributed by atoms with van der Waals surface area (Å²) in [6, 6.07) is -0.861. The number of hydrogen-bond acceptors (Lipinski definition) is 4. The third-order valence-electron chi connectivity index (χ3n) is 2.87. The molecule has 3 N–H and O–H groups in total. The molecule has 1 heterocycles. The minimum absolute atomic E-state index is 0.440. The number of rotatable bonds is 3. The maximum atomic E-state index is 10.8. The van der Waals surface area contributed by atoms with Crippen molar-refractivity contribution in [1.82, 2.24) is 15.0 Å². The molecular formula is C8H12N4O2. The molecule has 0 aromatic carbocycles. The van der Waals surface area contributed by atoms with Gasteiger partial charge in [0, 0.05) is 12.5 Å². The molecule has 14 heavy (non-hydrogen) atoms. The van der Waals surface area contributed by atoms with Crippen LogP contribution < -0.4 is 5.73 Å². The van der Waals surface area contributed by atoms with Crippen LogP contribution in [0, 0.1) is 0 Å². The molecule has 0 radical (unpaired) electrons. The molecular weight excluding hydrogens is 184 g/mol. The molecule has 1 aliphatic rings. The van der Waals surface area contributed by atoms with Gasteiger partial charge < -0.3 is 10.8 Å². The monoisotopic (exact) mass is 196 g/mol. The number of nitrogens with zero attached hydrogens (tertiary/aromatic N) is 3. The molecule has 0 amide bonds. The third-order valence-corrected chi connectivity index (χ3v) is 2.87. The fraction of sp³-hybridized carbons (Fsp3) is 0.625. The summed E-state index contributed by atoms with van der Waals surface area (Å²) in [6.07, 6.45) is 3.18. The van der Waals surface area contributed by atoms with Gasteiger partial charge in [0.15, 0.2) is 0 Å². The average Bonchev–Trinajstić information content (AvgIpc) is 2.83. The van der Waals surface area contributed by atoms with E-state index in [2.05, 4.69) is 10.3 Å². The summed E-state index contributed by atoms with van der Waals surface area (Å²) in [5.74, 6) is -0.969. The Bertz CT molecular complexity index is 369. The van der Waals surface area contributed by atoms with Gasteiger partial charge in [-0.1, -0.05) is 5.21 Å². The Morgan fingerprint density at radius 3 is 2.79 bits per heavy atom. The van der Waals surface area contributed by atoms with Crippen LogP contribution in [0.25, 0.3) is 0 Å². The summed E-state index contributed by atoms with van der Waals surface area (Å²) in [5.41, 5.74) is 6.02. The Morgan fingerprint density at radius 1 is 1.79 bits per heavy atom. The van der Waals surface area contributed by atoms with Crippen LogP contribution in [0.5, 0.6) is 0 Å². The Labute approximate surface area is 80.7 Å². The van der Waals surface area contributed by atoms with Gasteiger partial charge in [-0.05, 0) is 12.8 Å². The SMILES string of the molecule is Cn1nncc1C1(C(N)C(=O)O)CC1. The van der Waals surface area contributed by atoms with Crippen molar-refractivity contribution in [3.05, 3.63) is 11.9 Å². The van der Waals surface area contributed by atoms with E-state index in [4.69, 9.17) is 10.8 Å². The van der Waals surface area contributed by atoms with Gasteiger partial charge >= 0.3 is 5.97 Å². The number of carboxylic acid groups (broad SMARTS) is 1. The van der Waals surface area contributed by atoms with E-state index in [1.54, 1.807) is 17.9 Å². The summed E-state index contributed by atoms with van der Waals surface area (Å²) < 4.78 is 1.59. The Morgan fingerprint density at radius 2 is 2.43 bits per heavy atom. The standard InChI is InChI=1S/C8H12N4O2/c1-12-5(4-10-11-12)8(2-3-8)6(9)7(13)14/h4,6H,2-3,9H2,1H3,(H,13,14). The highest BCUT2D eigenvalue weighted by molar-refractivity contribution is 5.76. The Kier molecular flexibility index (Phi) is 1.81. The first-order valence-electron chi connectivity index (χ1n) is 4.41. The van der Waals surface area contributed by atoms with E-state index < -0.39 is 17.4 Å². The van der Waals surface area contributed by atoms with Gasteiger partial charge in [-0.25, -0.2) is 0 Å². The van der Waals surface area contributed by atoms with Crippen molar-refractivity contribution in [2.24, 2.45) is 12.8 Å². The molecule has 1 unspecified atom stereocenters. The maximum Gasteiger partial charge on any atom is 0.321 e. The van der Waals surface area contributed by atoms with Gasteiger partial charge in [0.25, 0.3) is 0 Å². The van der Waals surface area contributed by atoms with Crippen LogP contribution in [-0.4, -0.2) is 32.1 Å². The lowest BCUT2D eigenvalue weighted by Crippen LogP contribution is -2.42. The summed E-state index contributed by atoms with van der Waals surface area (Å²) >= 11 is 0. The van der Waals surface area contributed by atoms with E-state index in [9.17, 15) is 4.79 Å². The molecule has 0 bridgehead atoms. The van der Waals surface area contributed by atoms with Crippen LogP contribution in [0.3, 0.4) is 0 Å². The van der Waals surface area contributed by atoms with Gasteiger partial charge in [0.2, 0.25) is 0 Å². The largest absolute Gasteiger partial charge is 0.480 e. The molecule has 0 saturated heterocycles. The highest BCUT2D eigenvalue weighted by Gasteiger charge is 2.54. The number of carbonyl (C=O) groups is 1. The first kappa shape index (κ1) is 9.14. The highest BCUT2D eigenvalue weighted by atomic mass is 16.4. The van der Waals surface area contributed by atoms with Crippen molar-refractivity contribution >= 4 is 5.97 Å². The molecule has 6 heteroatoms. The second-order valence-electron chi connectivity index (χ2n) is 3.71. The van der Waals surface area contributed by atoms with Crippen LogP contribution in [0.2, 0.25) is 0 Å². The number of nitrogens with two attached hydrogens (primary N) is 1. The number of aromatic nitrogens is 3. The van der Waals surface area contributed by atoms with Crippen molar-refractivity contribution in [1.29, 1.82) is 0 Å². The zero-order valence-electron chi connectivity index (χ0n) is 7.84. The number of hydrogen-bond donors (Lipinski definition) is 2. The fourth-order valence-electron chi connectivity index (χ4n) is 1.84. The van der Waals surface area contributed by atoms with Crippen molar-refractivity contribution in [3.8, 4) is 0 Å². The second kappa shape index (κ2) is 2.78. The normalized spacial score (nSPS) is 20.4. The van der Waals surface area contributed by atoms with Crippen molar-refractivity contribution in [3.63, 3.8) is 0 Å². The molecule has 2 rings (SSSR count). The van der Waals surface area contributed by atoms with Crippen molar-refractivity contribution in [2.45, 2.75) is 24.3 Å². The molecule has 1 aromatic rings. The Hall–Kier alpha value is -1.43. The van der Waals surface area contributed by atoms with E-state index >= 15 is 0 Å². The van der Waals surface area contributed by atoms with Gasteiger partial charge in [-0.3, -0.25) is 9.48 Å². The molecule has 0 spiro atoms. The molecule has 1 aromatic heterocycles. The maximum absolute atomic E-state index is 10.8. The van der Waals surface area contributed by atoms with E-state index in [-0.39, 0.29) is 0 Å². The van der Waals surface area contributed by atoms with Crippen LogP contribution in [-0.2, 0) is 17.3 Å². The van der Waals surface area contributed by atoms with Gasteiger partial charge in [0.1, 0.15) is 6.04 Å². The minimum atomic E-state index is -0.969. The predicted molar refractivity (Wildman–Crippen MR) is 47.5 cm³/mol. The lowest BCUT2D eigenvalue weighted by Gasteiger charge is -2.18. The van der Waals surface area contributed by atoms with Crippen LogP contribution >= 0.6 is 0 Å². The molecule has 76 valence electrons. The zero-order chi connectivity index (χ0) is 10.3. The van der Waals surface area contributed by atoms with E-state index in [1.807, 2.05) is 0 Å². The van der Waals surface area contributed by atoms with Gasteiger partial charge in [-0.2, -0.15) is 0 Å². The van der Waals surface area contributed by atoms with Crippen molar-refractivity contribution < 1.29 is 9.90 Å². The van der Waals surface area contributed by atoms with Crippen molar-refractivity contribution in [2.75, 3.05) is 0 Å². The summed E-state index contributed by atoms with van der Waals surface area (Å²) in [7, 11) is 1.75. The first-order valence-corrected chi connectivity index (χ1v) is 4.41. The Balaban J connectivity index is 2.34. The lowest BCUT2D eigenvalue weighted by molar-refractivity contribution is -0.139. The summed E-state index contributed by atoms with van der Waals surface area (Å²) in [5, 5.41) is 16.4. The van der Waals surface area contributed by atoms with Crippen LogP contribution in [0.4, 0.5) is 0 Å². The quantitative estimate of drug-likeness (QED) is 0.664. The third kappa shape index (κ3) is 1.11. The van der Waals surface area contributed by atoms with Crippen LogP contribution in [0.15, 0.2) is 6.20 Å². The predicted octanol–water partition coefficient (Wildman–Crippen LogP) is -0.741. The fourth-order valence-corrected chi connectivity index (χ4v) is 1.84. The minimum Gasteiger partial charge on any atom is -0.480 e. The van der Waals surface area contributed by atoms with Gasteiger partial charge in [-0.15, -0.1) is 5.10 Å². The van der Waals surface area contributed by atoms with E-state index in [0.717, 1.165) is 18.5 Å². The summed E-state index contributed by atoms with van der Waals surface area (Å²) in [6.45, 7) is 0. The van der Waals surface area contributed by atoms with E-state index in [1.165, 1.54) is 0 Å². The molecule has 1 fully saturated rings. The highest BCUT2D eigenvalue weighted by Crippen LogP contribution is 2.49. The molecule has 1 aliphatic carbocycles. The lowest BCUT2D eigenvalue weighted by atomic mass is 9.93. The zero-order valence-corrected chi connectivity index (χ0v) is 7.84. The van der Waals surface area contributed by atoms with Crippen LogP contribution in [0.1, 0.15) is 18.5 Å². The van der Waals surface area contributed by atoms with Gasteiger partial charge in [0.05, 0.1) is 11.9 Å². The molecule has 0 aliphatic heterocycles. The number of aliphatic carboxylic acids is 1. The van der Waals surface area contributed by atoms with E-state index in [0.29, 0.717) is 0 Å². The first-order chi connectivity index (χ1) is 6.58. The number of carboxylic acids is 1.